The molecule has 1 rings (SSSR count). The average Bonchev–Trinajstić information content (AvgIpc) is 2.23. The van der Waals surface area contributed by atoms with Crippen LogP contribution in [0.3, 0.4) is 0 Å². The van der Waals surface area contributed by atoms with Gasteiger partial charge in [-0.1, -0.05) is 71.8 Å². The van der Waals surface area contributed by atoms with Crippen molar-refractivity contribution in [1.82, 2.24) is 8.80 Å². The highest BCUT2D eigenvalue weighted by Gasteiger charge is 2.45. The molecule has 0 heterocycles. The van der Waals surface area contributed by atoms with Crippen LogP contribution in [0.15, 0.2) is 0 Å². The lowest BCUT2D eigenvalue weighted by Crippen LogP contribution is -2.69. The summed E-state index contributed by atoms with van der Waals surface area (Å²) in [5.41, 5.74) is 0. The fourth-order valence-corrected chi connectivity index (χ4v) is 16.3. The predicted octanol–water partition coefficient (Wildman–Crippen LogP) is 5.04. The first-order valence-corrected chi connectivity index (χ1v) is 19.1. The van der Waals surface area contributed by atoms with E-state index in [4.69, 9.17) is 0 Å². The third-order valence-corrected chi connectivity index (χ3v) is 15.1. The average molecular weight is 345 g/mol. The molecule has 0 aromatic heterocycles. The zero-order valence-electron chi connectivity index (χ0n) is 16.4. The molecule has 0 saturated heterocycles. The molecule has 5 heteroatoms. The summed E-state index contributed by atoms with van der Waals surface area (Å²) in [6.45, 7) is 22.9. The van der Waals surface area contributed by atoms with E-state index in [1.807, 2.05) is 0 Å². The molecule has 0 aliphatic heterocycles. The fraction of sp³-hybridized carbons (Fsp3) is 1.00. The molecule has 0 spiro atoms. The van der Waals surface area contributed by atoms with Crippen molar-refractivity contribution in [2.75, 3.05) is 7.05 Å². The Morgan fingerprint density at radius 3 is 1.33 bits per heavy atom. The van der Waals surface area contributed by atoms with Crippen LogP contribution in [0.5, 0.6) is 0 Å². The van der Waals surface area contributed by atoms with Crippen LogP contribution in [0.25, 0.3) is 0 Å². The van der Waals surface area contributed by atoms with E-state index in [1.165, 1.54) is 25.7 Å². The Morgan fingerprint density at radius 2 is 1.00 bits per heavy atom. The van der Waals surface area contributed by atoms with Crippen molar-refractivity contribution in [2.24, 2.45) is 0 Å². The summed E-state index contributed by atoms with van der Waals surface area (Å²) in [6.07, 6.45) is 5.71. The van der Waals surface area contributed by atoms with Gasteiger partial charge in [0.25, 0.3) is 0 Å². The van der Waals surface area contributed by atoms with Gasteiger partial charge in [-0.05, 0) is 19.9 Å². The van der Waals surface area contributed by atoms with Gasteiger partial charge >= 0.3 is 0 Å². The van der Waals surface area contributed by atoms with Crippen LogP contribution in [0, 0.1) is 0 Å². The maximum absolute atomic E-state index is 3.08. The molecule has 1 aliphatic rings. The van der Waals surface area contributed by atoms with Gasteiger partial charge in [0.1, 0.15) is 24.7 Å². The van der Waals surface area contributed by atoms with Crippen molar-refractivity contribution in [1.29, 1.82) is 0 Å². The number of hydrogen-bond donors (Lipinski definition) is 0. The van der Waals surface area contributed by atoms with Crippen molar-refractivity contribution in [3.8, 4) is 0 Å². The van der Waals surface area contributed by atoms with Crippen LogP contribution >= 0.6 is 0 Å². The lowest BCUT2D eigenvalue weighted by Gasteiger charge is -2.55. The largest absolute Gasteiger partial charge is 0.342 e. The normalized spacial score (nSPS) is 25.7. The van der Waals surface area contributed by atoms with Crippen molar-refractivity contribution < 1.29 is 0 Å². The highest BCUT2D eigenvalue weighted by atomic mass is 28.4. The molecule has 0 aromatic carbocycles. The van der Waals surface area contributed by atoms with Crippen LogP contribution in [-0.2, 0) is 0 Å². The number of rotatable bonds is 5. The molecule has 0 amide bonds. The minimum atomic E-state index is -1.27. The molecule has 2 atom stereocenters. The minimum absolute atomic E-state index is 0.795. The summed E-state index contributed by atoms with van der Waals surface area (Å²) < 4.78 is 5.89. The molecule has 0 radical (unpaired) electrons. The van der Waals surface area contributed by atoms with Crippen molar-refractivity contribution in [3.05, 3.63) is 0 Å². The van der Waals surface area contributed by atoms with E-state index in [0.717, 1.165) is 12.1 Å². The van der Waals surface area contributed by atoms with Gasteiger partial charge in [0.05, 0.1) is 0 Å². The third-order valence-electron chi connectivity index (χ3n) is 5.03. The van der Waals surface area contributed by atoms with Crippen molar-refractivity contribution in [2.45, 2.75) is 96.7 Å². The summed E-state index contributed by atoms with van der Waals surface area (Å²) in [5, 5.41) is 0. The maximum atomic E-state index is 3.08. The van der Waals surface area contributed by atoms with Crippen LogP contribution in [0.1, 0.15) is 25.7 Å². The number of likely N-dealkylation sites (N-methyl/N-ethyl adjacent to an activating group) is 1. The molecule has 1 fully saturated rings. The maximum Gasteiger partial charge on any atom is 0.119 e. The molecule has 126 valence electrons. The molecular weight excluding hydrogens is 304 g/mol. The number of nitrogens with zero attached hydrogens (tertiary/aromatic N) is 2. The quantitative estimate of drug-likeness (QED) is 0.645. The van der Waals surface area contributed by atoms with E-state index in [1.54, 1.807) is 0 Å². The Bertz CT molecular complexity index is 325. The molecule has 1 aliphatic carbocycles. The Hall–Kier alpha value is 0.571. The highest BCUT2D eigenvalue weighted by Crippen LogP contribution is 2.35. The van der Waals surface area contributed by atoms with Crippen LogP contribution in [-0.4, -0.2) is 52.6 Å². The van der Waals surface area contributed by atoms with Gasteiger partial charge in [0, 0.05) is 12.1 Å². The van der Waals surface area contributed by atoms with Crippen molar-refractivity contribution >= 4 is 24.7 Å². The monoisotopic (exact) mass is 344 g/mol. The van der Waals surface area contributed by atoms with Gasteiger partial charge < -0.3 is 8.80 Å². The van der Waals surface area contributed by atoms with E-state index >= 15 is 0 Å². The zero-order valence-corrected chi connectivity index (χ0v) is 19.4. The van der Waals surface area contributed by atoms with Gasteiger partial charge in [-0.3, -0.25) is 0 Å². The van der Waals surface area contributed by atoms with Gasteiger partial charge in [-0.2, -0.15) is 0 Å². The first kappa shape index (κ1) is 19.6. The highest BCUT2D eigenvalue weighted by molar-refractivity contribution is 6.89. The molecule has 2 nitrogen and oxygen atoms in total. The lowest BCUT2D eigenvalue weighted by atomic mass is 9.91. The van der Waals surface area contributed by atoms with Crippen LogP contribution < -0.4 is 0 Å². The first-order valence-electron chi connectivity index (χ1n) is 8.78. The second kappa shape index (κ2) is 6.59. The minimum Gasteiger partial charge on any atom is -0.342 e. The van der Waals surface area contributed by atoms with Gasteiger partial charge in [-0.25, -0.2) is 0 Å². The topological polar surface area (TPSA) is 6.48 Å². The first-order chi connectivity index (χ1) is 9.26. The van der Waals surface area contributed by atoms with E-state index < -0.39 is 24.7 Å². The summed E-state index contributed by atoms with van der Waals surface area (Å²) in [4.78, 5) is 0. The summed E-state index contributed by atoms with van der Waals surface area (Å²) >= 11 is 0. The summed E-state index contributed by atoms with van der Waals surface area (Å²) in [7, 11) is -1.34. The van der Waals surface area contributed by atoms with E-state index in [9.17, 15) is 0 Å². The van der Waals surface area contributed by atoms with Gasteiger partial charge in [0.15, 0.2) is 0 Å². The Kier molecular flexibility index (Phi) is 6.16. The zero-order chi connectivity index (χ0) is 16.6. The van der Waals surface area contributed by atoms with E-state index in [0.29, 0.717) is 0 Å². The van der Waals surface area contributed by atoms with Crippen LogP contribution in [0.4, 0.5) is 0 Å². The molecule has 0 aromatic rings. The summed E-state index contributed by atoms with van der Waals surface area (Å²) in [5.74, 6) is 0. The third kappa shape index (κ3) is 5.03. The van der Waals surface area contributed by atoms with Gasteiger partial charge in [-0.15, -0.1) is 0 Å². The van der Waals surface area contributed by atoms with Crippen molar-refractivity contribution in [3.63, 3.8) is 0 Å². The smallest absolute Gasteiger partial charge is 0.119 e. The molecule has 0 bridgehead atoms. The molecular formula is C16H40N2Si3. The summed E-state index contributed by atoms with van der Waals surface area (Å²) in [6, 6.07) is 1.61. The second-order valence-corrected chi connectivity index (χ2v) is 25.1. The lowest BCUT2D eigenvalue weighted by molar-refractivity contribution is 0.187. The number of hydrogen-bond acceptors (Lipinski definition) is 2. The fourth-order valence-electron chi connectivity index (χ4n) is 4.34. The van der Waals surface area contributed by atoms with Gasteiger partial charge in [0.2, 0.25) is 0 Å². The Balaban J connectivity index is 3.14. The van der Waals surface area contributed by atoms with E-state index in [-0.39, 0.29) is 0 Å². The van der Waals surface area contributed by atoms with Crippen LogP contribution in [0.2, 0.25) is 58.9 Å². The molecule has 21 heavy (non-hydrogen) atoms. The van der Waals surface area contributed by atoms with E-state index in [2.05, 4.69) is 74.8 Å². The Morgan fingerprint density at radius 1 is 0.619 bits per heavy atom. The second-order valence-electron chi connectivity index (χ2n) is 9.91. The predicted molar refractivity (Wildman–Crippen MR) is 106 cm³/mol. The SMILES string of the molecule is CN(C1CCCCC1N([Si](C)(C)C)[Si](C)(C)C)[Si](C)(C)C. The molecule has 2 unspecified atom stereocenters. The standard InChI is InChI=1S/C16H40N2Si3/c1-17(19(2,3)4)15-13-11-12-14-16(15)18(20(5,6)7)21(8,9)10/h15-16H,11-14H2,1-10H3. The Labute approximate surface area is 137 Å². The molecule has 1 saturated carbocycles. The molecule has 0 N–H and O–H groups in total.